The van der Waals surface area contributed by atoms with E-state index in [2.05, 4.69) is 31.7 Å². The quantitative estimate of drug-likeness (QED) is 0.797. The summed E-state index contributed by atoms with van der Waals surface area (Å²) < 4.78 is 36.9. The van der Waals surface area contributed by atoms with Gasteiger partial charge in [-0.15, -0.1) is 0 Å². The molecule has 1 rings (SSSR count). The molecule has 0 aliphatic carbocycles. The molecule has 0 unspecified atom stereocenters. The summed E-state index contributed by atoms with van der Waals surface area (Å²) in [6, 6.07) is 0. The van der Waals surface area contributed by atoms with Gasteiger partial charge in [-0.2, -0.15) is 18.3 Å². The maximum Gasteiger partial charge on any atom is 0.408 e. The molecule has 5 nitrogen and oxygen atoms in total. The topological polar surface area (TPSA) is 59.0 Å². The summed E-state index contributed by atoms with van der Waals surface area (Å²) >= 11 is 2.97. The van der Waals surface area contributed by atoms with E-state index in [1.807, 2.05) is 0 Å². The van der Waals surface area contributed by atoms with Crippen LogP contribution in [-0.4, -0.2) is 36.1 Å². The van der Waals surface area contributed by atoms with Crippen molar-refractivity contribution in [2.24, 2.45) is 0 Å². The maximum absolute atomic E-state index is 12.2. The molecular weight excluding hydrogens is 317 g/mol. The van der Waals surface area contributed by atoms with Crippen LogP contribution in [0.5, 0.6) is 0 Å². The Morgan fingerprint density at radius 2 is 2.11 bits per heavy atom. The highest BCUT2D eigenvalue weighted by molar-refractivity contribution is 9.10. The number of hydrogen-bond donors (Lipinski definition) is 2. The number of hydrogen-bond acceptors (Lipinski definition) is 4. The van der Waals surface area contributed by atoms with E-state index in [1.165, 1.54) is 6.20 Å². The van der Waals surface area contributed by atoms with E-state index < -0.39 is 18.3 Å². The SMILES string of the molecule is CNCCNc1cnn(CC(F)(F)F)c(=O)c1Br. The van der Waals surface area contributed by atoms with E-state index in [4.69, 9.17) is 0 Å². The number of aromatic nitrogens is 2. The number of likely N-dealkylation sites (N-methyl/N-ethyl adjacent to an activating group) is 1. The van der Waals surface area contributed by atoms with Crippen LogP contribution in [0.1, 0.15) is 0 Å². The minimum Gasteiger partial charge on any atom is -0.381 e. The summed E-state index contributed by atoms with van der Waals surface area (Å²) in [7, 11) is 1.76. The lowest BCUT2D eigenvalue weighted by Gasteiger charge is -2.11. The molecule has 0 fully saturated rings. The summed E-state index contributed by atoms with van der Waals surface area (Å²) in [5, 5.41) is 9.24. The van der Waals surface area contributed by atoms with Crippen LogP contribution in [0.4, 0.5) is 18.9 Å². The molecule has 0 saturated heterocycles. The fraction of sp³-hybridized carbons (Fsp3) is 0.556. The van der Waals surface area contributed by atoms with Gasteiger partial charge in [0.05, 0.1) is 11.9 Å². The van der Waals surface area contributed by atoms with Crippen LogP contribution in [-0.2, 0) is 6.54 Å². The van der Waals surface area contributed by atoms with Crippen molar-refractivity contribution in [3.8, 4) is 0 Å². The molecule has 0 saturated carbocycles. The predicted octanol–water partition coefficient (Wildman–Crippen LogP) is 1.20. The zero-order valence-corrected chi connectivity index (χ0v) is 11.1. The Morgan fingerprint density at radius 1 is 1.44 bits per heavy atom. The van der Waals surface area contributed by atoms with Gasteiger partial charge >= 0.3 is 6.18 Å². The van der Waals surface area contributed by atoms with E-state index in [0.717, 1.165) is 0 Å². The Morgan fingerprint density at radius 3 is 2.67 bits per heavy atom. The van der Waals surface area contributed by atoms with Gasteiger partial charge in [0, 0.05) is 13.1 Å². The number of alkyl halides is 3. The van der Waals surface area contributed by atoms with E-state index in [9.17, 15) is 18.0 Å². The zero-order valence-electron chi connectivity index (χ0n) is 9.51. The van der Waals surface area contributed by atoms with Crippen LogP contribution < -0.4 is 16.2 Å². The van der Waals surface area contributed by atoms with Crippen molar-refractivity contribution in [3.05, 3.63) is 21.0 Å². The van der Waals surface area contributed by atoms with Gasteiger partial charge in [0.2, 0.25) is 0 Å². The van der Waals surface area contributed by atoms with Gasteiger partial charge in [0.15, 0.2) is 0 Å². The van der Waals surface area contributed by atoms with Crippen molar-refractivity contribution in [1.29, 1.82) is 0 Å². The van der Waals surface area contributed by atoms with Crippen molar-refractivity contribution in [2.45, 2.75) is 12.7 Å². The molecule has 0 radical (unpaired) electrons. The van der Waals surface area contributed by atoms with Crippen molar-refractivity contribution in [2.75, 3.05) is 25.5 Å². The second-order valence-corrected chi connectivity index (χ2v) is 4.27. The molecule has 18 heavy (non-hydrogen) atoms. The number of halogens is 4. The van der Waals surface area contributed by atoms with Crippen molar-refractivity contribution < 1.29 is 13.2 Å². The Kier molecular flexibility index (Phi) is 5.15. The largest absolute Gasteiger partial charge is 0.408 e. The Balaban J connectivity index is 2.88. The fourth-order valence-corrected chi connectivity index (χ4v) is 1.64. The van der Waals surface area contributed by atoms with E-state index in [-0.39, 0.29) is 4.47 Å². The number of nitrogens with zero attached hydrogens (tertiary/aromatic N) is 2. The van der Waals surface area contributed by atoms with E-state index in [0.29, 0.717) is 23.5 Å². The monoisotopic (exact) mass is 328 g/mol. The van der Waals surface area contributed by atoms with Gasteiger partial charge in [0.25, 0.3) is 5.56 Å². The molecule has 1 aromatic heterocycles. The van der Waals surface area contributed by atoms with Gasteiger partial charge in [-0.25, -0.2) is 4.68 Å². The Labute approximate surface area is 109 Å². The third-order valence-electron chi connectivity index (χ3n) is 2.00. The standard InChI is InChI=1S/C9H12BrF3N4O/c1-14-2-3-15-6-4-16-17(5-9(11,12)13)8(18)7(6)10/h4,14-15H,2-3,5H2,1H3. The minimum absolute atomic E-state index is 0.0397. The third kappa shape index (κ3) is 4.30. The van der Waals surface area contributed by atoms with Crippen molar-refractivity contribution in [1.82, 2.24) is 15.1 Å². The average Bonchev–Trinajstić information content (AvgIpc) is 2.27. The fourth-order valence-electron chi connectivity index (χ4n) is 1.19. The molecule has 0 bridgehead atoms. The van der Waals surface area contributed by atoms with E-state index >= 15 is 0 Å². The third-order valence-corrected chi connectivity index (χ3v) is 2.77. The van der Waals surface area contributed by atoms with Gasteiger partial charge in [-0.1, -0.05) is 0 Å². The molecule has 0 aliphatic rings. The molecule has 9 heteroatoms. The molecule has 0 spiro atoms. The zero-order chi connectivity index (χ0) is 13.8. The Hall–Kier alpha value is -1.09. The van der Waals surface area contributed by atoms with Crippen LogP contribution >= 0.6 is 15.9 Å². The highest BCUT2D eigenvalue weighted by Crippen LogP contribution is 2.19. The second-order valence-electron chi connectivity index (χ2n) is 3.48. The molecular formula is C9H12BrF3N4O. The second kappa shape index (κ2) is 6.19. The first kappa shape index (κ1) is 15.0. The highest BCUT2D eigenvalue weighted by atomic mass is 79.9. The predicted molar refractivity (Wildman–Crippen MR) is 64.7 cm³/mol. The molecule has 0 amide bonds. The molecule has 0 atom stereocenters. The van der Waals surface area contributed by atoms with Crippen molar-refractivity contribution in [3.63, 3.8) is 0 Å². The molecule has 102 valence electrons. The van der Waals surface area contributed by atoms with Gasteiger partial charge < -0.3 is 10.6 Å². The van der Waals surface area contributed by atoms with Crippen LogP contribution in [0.3, 0.4) is 0 Å². The summed E-state index contributed by atoms with van der Waals surface area (Å²) in [5.74, 6) is 0. The molecule has 1 aromatic rings. The number of rotatable bonds is 5. The first-order chi connectivity index (χ1) is 8.35. The lowest BCUT2D eigenvalue weighted by molar-refractivity contribution is -0.143. The summed E-state index contributed by atoms with van der Waals surface area (Å²) in [5.41, 5.74) is -0.449. The molecule has 1 heterocycles. The first-order valence-electron chi connectivity index (χ1n) is 5.06. The normalized spacial score (nSPS) is 11.6. The number of anilines is 1. The van der Waals surface area contributed by atoms with Gasteiger partial charge in [-0.3, -0.25) is 4.79 Å². The van der Waals surface area contributed by atoms with Crippen LogP contribution in [0, 0.1) is 0 Å². The molecule has 0 aliphatic heterocycles. The summed E-state index contributed by atoms with van der Waals surface area (Å²) in [6.07, 6.45) is -3.29. The first-order valence-corrected chi connectivity index (χ1v) is 5.85. The maximum atomic E-state index is 12.2. The number of nitrogens with one attached hydrogen (secondary N) is 2. The Bertz CT molecular complexity index is 460. The smallest absolute Gasteiger partial charge is 0.381 e. The average molecular weight is 329 g/mol. The molecule has 0 aromatic carbocycles. The highest BCUT2D eigenvalue weighted by Gasteiger charge is 2.29. The minimum atomic E-state index is -4.47. The van der Waals surface area contributed by atoms with Crippen LogP contribution in [0.25, 0.3) is 0 Å². The van der Waals surface area contributed by atoms with Gasteiger partial charge in [-0.05, 0) is 23.0 Å². The van der Waals surface area contributed by atoms with Crippen LogP contribution in [0.2, 0.25) is 0 Å². The van der Waals surface area contributed by atoms with Crippen LogP contribution in [0.15, 0.2) is 15.5 Å². The van der Waals surface area contributed by atoms with Gasteiger partial charge in [0.1, 0.15) is 11.0 Å². The lowest BCUT2D eigenvalue weighted by Crippen LogP contribution is -2.31. The summed E-state index contributed by atoms with van der Waals surface area (Å²) in [4.78, 5) is 11.6. The van der Waals surface area contributed by atoms with E-state index in [1.54, 1.807) is 7.05 Å². The lowest BCUT2D eigenvalue weighted by atomic mass is 10.4. The molecule has 2 N–H and O–H groups in total. The van der Waals surface area contributed by atoms with Crippen molar-refractivity contribution >= 4 is 21.6 Å². The summed E-state index contributed by atoms with van der Waals surface area (Å²) in [6.45, 7) is -0.223.